The van der Waals surface area contributed by atoms with Crippen LogP contribution in [0.3, 0.4) is 0 Å². The van der Waals surface area contributed by atoms with Gasteiger partial charge in [-0.2, -0.15) is 0 Å². The van der Waals surface area contributed by atoms with Gasteiger partial charge in [0, 0.05) is 38.4 Å². The van der Waals surface area contributed by atoms with Crippen molar-refractivity contribution in [3.63, 3.8) is 0 Å². The molecule has 5 N–H and O–H groups in total. The molecule has 2 atom stereocenters. The average Bonchev–Trinajstić information content (AvgIpc) is 2.90. The minimum Gasteiger partial charge on any atom is -0.381 e. The van der Waals surface area contributed by atoms with Gasteiger partial charge in [0.2, 0.25) is 11.0 Å². The highest BCUT2D eigenvalue weighted by Crippen LogP contribution is 2.23. The lowest BCUT2D eigenvalue weighted by Crippen LogP contribution is -2.47. The molecular formula is C15H28Cl2N6O2S. The first-order chi connectivity index (χ1) is 11.6. The number of nitrogens with zero attached hydrogens (tertiary/aromatic N) is 3. The van der Waals surface area contributed by atoms with Crippen LogP contribution in [-0.2, 0) is 16.1 Å². The van der Waals surface area contributed by atoms with E-state index in [0.29, 0.717) is 17.7 Å². The maximum absolute atomic E-state index is 12.6. The van der Waals surface area contributed by atoms with Gasteiger partial charge in [-0.25, -0.2) is 0 Å². The predicted molar refractivity (Wildman–Crippen MR) is 107 cm³/mol. The Bertz CT molecular complexity index is 558. The van der Waals surface area contributed by atoms with Gasteiger partial charge in [-0.1, -0.05) is 11.3 Å². The van der Waals surface area contributed by atoms with Crippen molar-refractivity contribution < 1.29 is 9.53 Å². The summed E-state index contributed by atoms with van der Waals surface area (Å²) in [6.45, 7) is 3.61. The number of nitrogens with two attached hydrogens (primary N) is 2. The van der Waals surface area contributed by atoms with Gasteiger partial charge < -0.3 is 21.5 Å². The van der Waals surface area contributed by atoms with Crippen LogP contribution in [-0.4, -0.2) is 59.4 Å². The number of ether oxygens (including phenoxy) is 1. The van der Waals surface area contributed by atoms with Crippen LogP contribution in [0.1, 0.15) is 30.7 Å². The van der Waals surface area contributed by atoms with Gasteiger partial charge in [-0.05, 0) is 25.7 Å². The van der Waals surface area contributed by atoms with E-state index in [2.05, 4.69) is 20.4 Å². The van der Waals surface area contributed by atoms with Crippen molar-refractivity contribution in [2.24, 2.45) is 11.7 Å². The van der Waals surface area contributed by atoms with Crippen molar-refractivity contribution in [3.8, 4) is 0 Å². The number of carbonyl (C=O) groups is 1. The summed E-state index contributed by atoms with van der Waals surface area (Å²) in [5.74, 6) is 0.0293. The lowest BCUT2D eigenvalue weighted by Gasteiger charge is -2.35. The Morgan fingerprint density at radius 1 is 1.19 bits per heavy atom. The van der Waals surface area contributed by atoms with Gasteiger partial charge in [0.05, 0.1) is 12.5 Å². The molecule has 11 heteroatoms. The van der Waals surface area contributed by atoms with Crippen LogP contribution >= 0.6 is 36.2 Å². The first kappa shape index (κ1) is 23.3. The lowest BCUT2D eigenvalue weighted by atomic mass is 10.0. The van der Waals surface area contributed by atoms with E-state index in [9.17, 15) is 4.79 Å². The van der Waals surface area contributed by atoms with Crippen molar-refractivity contribution in [2.75, 3.05) is 32.0 Å². The molecule has 0 saturated carbocycles. The van der Waals surface area contributed by atoms with Crippen LogP contribution in [0.5, 0.6) is 0 Å². The fraction of sp³-hybridized carbons (Fsp3) is 0.800. The highest BCUT2D eigenvalue weighted by molar-refractivity contribution is 7.15. The summed E-state index contributed by atoms with van der Waals surface area (Å²) in [6, 6.07) is 0.606. The molecule has 0 aromatic carbocycles. The highest BCUT2D eigenvalue weighted by Gasteiger charge is 2.31. The minimum atomic E-state index is -0.0355. The fourth-order valence-electron chi connectivity index (χ4n) is 3.46. The van der Waals surface area contributed by atoms with Crippen molar-refractivity contribution in [1.29, 1.82) is 0 Å². The van der Waals surface area contributed by atoms with E-state index >= 15 is 0 Å². The number of hydrogen-bond donors (Lipinski definition) is 3. The topological polar surface area (TPSA) is 119 Å². The second-order valence-electron chi connectivity index (χ2n) is 6.58. The summed E-state index contributed by atoms with van der Waals surface area (Å²) in [4.78, 5) is 15.0. The number of likely N-dealkylation sites (tertiary alicyclic amines) is 1. The fourth-order valence-corrected chi connectivity index (χ4v) is 4.01. The molecular weight excluding hydrogens is 399 g/mol. The normalized spacial score (nSPS) is 24.8. The van der Waals surface area contributed by atoms with Crippen molar-refractivity contribution in [1.82, 2.24) is 20.4 Å². The minimum absolute atomic E-state index is 0. The lowest BCUT2D eigenvalue weighted by molar-refractivity contribution is -0.126. The van der Waals surface area contributed by atoms with Gasteiger partial charge in [0.1, 0.15) is 5.01 Å². The predicted octanol–water partition coefficient (Wildman–Crippen LogP) is 0.798. The second kappa shape index (κ2) is 11.2. The summed E-state index contributed by atoms with van der Waals surface area (Å²) in [5.41, 5.74) is 11.8. The number of nitrogen functional groups attached to an aromatic ring is 1. The summed E-state index contributed by atoms with van der Waals surface area (Å²) in [6.07, 6.45) is 3.74. The molecule has 3 heterocycles. The molecule has 8 nitrogen and oxygen atoms in total. The van der Waals surface area contributed by atoms with E-state index < -0.39 is 0 Å². The molecule has 2 aliphatic heterocycles. The van der Waals surface area contributed by atoms with Crippen LogP contribution in [0.4, 0.5) is 5.13 Å². The van der Waals surface area contributed by atoms with Crippen LogP contribution in [0, 0.1) is 5.92 Å². The first-order valence-electron chi connectivity index (χ1n) is 8.54. The molecule has 0 spiro atoms. The Labute approximate surface area is 170 Å². The van der Waals surface area contributed by atoms with Gasteiger partial charge in [-0.3, -0.25) is 9.69 Å². The Morgan fingerprint density at radius 3 is 2.58 bits per heavy atom. The SMILES string of the molecule is Cl.Cl.Nc1nnc(CNC(=O)[C@@H]2CC[C@H](N)CN(C3CCOCC3)C2)s1. The van der Waals surface area contributed by atoms with Crippen LogP contribution in [0.15, 0.2) is 0 Å². The molecule has 1 aromatic rings. The zero-order valence-electron chi connectivity index (χ0n) is 14.6. The maximum atomic E-state index is 12.6. The number of rotatable bonds is 4. The van der Waals surface area contributed by atoms with Crippen LogP contribution < -0.4 is 16.8 Å². The van der Waals surface area contributed by atoms with Crippen LogP contribution in [0.25, 0.3) is 0 Å². The second-order valence-corrected chi connectivity index (χ2v) is 7.68. The molecule has 2 aliphatic rings. The third-order valence-electron chi connectivity index (χ3n) is 4.78. The number of carbonyl (C=O) groups excluding carboxylic acids is 1. The van der Waals surface area contributed by atoms with E-state index in [1.807, 2.05) is 0 Å². The summed E-state index contributed by atoms with van der Waals surface area (Å²) in [5, 5.41) is 11.8. The van der Waals surface area contributed by atoms with Crippen LogP contribution in [0.2, 0.25) is 0 Å². The Balaban J connectivity index is 0.00000169. The third kappa shape index (κ3) is 6.47. The summed E-state index contributed by atoms with van der Waals surface area (Å²) >= 11 is 1.30. The van der Waals surface area contributed by atoms with Gasteiger partial charge in [-0.15, -0.1) is 35.0 Å². The zero-order chi connectivity index (χ0) is 16.9. The first-order valence-corrected chi connectivity index (χ1v) is 9.36. The maximum Gasteiger partial charge on any atom is 0.224 e. The number of amides is 1. The standard InChI is InChI=1S/C15H26N6O2S.2ClH/c16-11-2-1-10(8-21(9-11)12-3-5-23-6-4-12)14(22)18-7-13-19-20-15(17)24-13;;/h10-12H,1-9,16H2,(H2,17,20)(H,18,22);2*1H/t10-,11+;;/m1../s1. The molecule has 1 amide bonds. The molecule has 3 rings (SSSR count). The smallest absolute Gasteiger partial charge is 0.224 e. The number of nitrogens with one attached hydrogen (secondary N) is 1. The number of halogens is 2. The van der Waals surface area contributed by atoms with E-state index in [1.165, 1.54) is 11.3 Å². The summed E-state index contributed by atoms with van der Waals surface area (Å²) < 4.78 is 5.45. The molecule has 2 saturated heterocycles. The quantitative estimate of drug-likeness (QED) is 0.650. The van der Waals surface area contributed by atoms with E-state index in [1.54, 1.807) is 0 Å². The molecule has 26 heavy (non-hydrogen) atoms. The number of anilines is 1. The Morgan fingerprint density at radius 2 is 1.92 bits per heavy atom. The molecule has 0 aliphatic carbocycles. The van der Waals surface area contributed by atoms with Crippen molar-refractivity contribution in [2.45, 2.75) is 44.3 Å². The monoisotopic (exact) mass is 426 g/mol. The third-order valence-corrected chi connectivity index (χ3v) is 5.54. The van der Waals surface area contributed by atoms with Crippen molar-refractivity contribution >= 4 is 47.2 Å². The molecule has 0 bridgehead atoms. The molecule has 0 radical (unpaired) electrons. The molecule has 1 aromatic heterocycles. The molecule has 150 valence electrons. The van der Waals surface area contributed by atoms with E-state index in [-0.39, 0.29) is 42.7 Å². The van der Waals surface area contributed by atoms with Crippen molar-refractivity contribution in [3.05, 3.63) is 5.01 Å². The number of aromatic nitrogens is 2. The summed E-state index contributed by atoms with van der Waals surface area (Å²) in [7, 11) is 0. The largest absolute Gasteiger partial charge is 0.381 e. The zero-order valence-corrected chi connectivity index (χ0v) is 17.1. The average molecular weight is 427 g/mol. The molecule has 2 fully saturated rings. The van der Waals surface area contributed by atoms with E-state index in [4.69, 9.17) is 16.2 Å². The van der Waals surface area contributed by atoms with E-state index in [0.717, 1.165) is 57.0 Å². The molecule has 0 unspecified atom stereocenters. The Hall–Kier alpha value is -0.710. The Kier molecular flexibility index (Phi) is 10.1. The number of hydrogen-bond acceptors (Lipinski definition) is 8. The highest BCUT2D eigenvalue weighted by atomic mass is 35.5. The van der Waals surface area contributed by atoms with Gasteiger partial charge in [0.25, 0.3) is 0 Å². The van der Waals surface area contributed by atoms with Gasteiger partial charge >= 0.3 is 0 Å². The van der Waals surface area contributed by atoms with Gasteiger partial charge in [0.15, 0.2) is 0 Å².